The maximum absolute atomic E-state index is 13.2. The molecule has 0 atom stereocenters. The molecule has 0 radical (unpaired) electrons. The maximum atomic E-state index is 13.2. The molecule has 0 aliphatic carbocycles. The first-order valence-corrected chi connectivity index (χ1v) is 8.67. The van der Waals surface area contributed by atoms with E-state index in [0.717, 1.165) is 36.7 Å². The van der Waals surface area contributed by atoms with Crippen LogP contribution in [0.2, 0.25) is 0 Å². The Balaban J connectivity index is 1.49. The lowest BCUT2D eigenvalue weighted by atomic mass is 10.1. The number of carbonyl (C=O) groups is 1. The highest BCUT2D eigenvalue weighted by atomic mass is 19.2. The van der Waals surface area contributed by atoms with Crippen LogP contribution in [0.1, 0.15) is 12.0 Å². The van der Waals surface area contributed by atoms with E-state index in [0.29, 0.717) is 31.5 Å². The molecule has 1 fully saturated rings. The van der Waals surface area contributed by atoms with Crippen molar-refractivity contribution < 1.29 is 18.3 Å². The molecule has 2 aromatic rings. The van der Waals surface area contributed by atoms with Gasteiger partial charge in [-0.3, -0.25) is 4.79 Å². The van der Waals surface area contributed by atoms with Gasteiger partial charge in [0.15, 0.2) is 11.6 Å². The Bertz CT molecular complexity index is 757. The Labute approximate surface area is 152 Å². The number of hydrogen-bond acceptors (Lipinski definition) is 3. The first kappa shape index (κ1) is 18.2. The highest BCUT2D eigenvalue weighted by molar-refractivity contribution is 5.76. The highest BCUT2D eigenvalue weighted by Gasteiger charge is 2.21. The number of hydrogen-bond donors (Lipinski definition) is 0. The molecule has 26 heavy (non-hydrogen) atoms. The molecule has 0 unspecified atom stereocenters. The zero-order chi connectivity index (χ0) is 18.5. The molecule has 0 aromatic heterocycles. The summed E-state index contributed by atoms with van der Waals surface area (Å²) < 4.78 is 31.3. The van der Waals surface area contributed by atoms with Crippen LogP contribution < -0.4 is 9.64 Å². The van der Waals surface area contributed by atoms with E-state index in [-0.39, 0.29) is 5.91 Å². The number of ether oxygens (including phenoxy) is 1. The van der Waals surface area contributed by atoms with Crippen LogP contribution in [0.5, 0.6) is 5.75 Å². The molecule has 2 aromatic carbocycles. The summed E-state index contributed by atoms with van der Waals surface area (Å²) in [6, 6.07) is 11.7. The molecule has 1 saturated heterocycles. The molecular weight excluding hydrogens is 338 g/mol. The Morgan fingerprint density at radius 1 is 1.00 bits per heavy atom. The molecule has 0 spiro atoms. The minimum Gasteiger partial charge on any atom is -0.497 e. The molecule has 6 heteroatoms. The fourth-order valence-electron chi connectivity index (χ4n) is 3.11. The number of nitrogens with zero attached hydrogens (tertiary/aromatic N) is 2. The number of halogens is 2. The number of aryl methyl sites for hydroxylation is 1. The van der Waals surface area contributed by atoms with E-state index in [1.807, 2.05) is 29.2 Å². The lowest BCUT2D eigenvalue weighted by Crippen LogP contribution is -2.48. The van der Waals surface area contributed by atoms with Crippen molar-refractivity contribution in [2.45, 2.75) is 12.8 Å². The second kappa shape index (κ2) is 8.17. The van der Waals surface area contributed by atoms with Crippen LogP contribution in [-0.4, -0.2) is 44.1 Å². The van der Waals surface area contributed by atoms with Crippen molar-refractivity contribution in [1.29, 1.82) is 0 Å². The highest BCUT2D eigenvalue weighted by Crippen LogP contribution is 2.21. The van der Waals surface area contributed by atoms with Crippen LogP contribution in [0.4, 0.5) is 14.5 Å². The first-order chi connectivity index (χ1) is 12.6. The number of benzene rings is 2. The predicted molar refractivity (Wildman–Crippen MR) is 96.5 cm³/mol. The van der Waals surface area contributed by atoms with Gasteiger partial charge < -0.3 is 14.5 Å². The van der Waals surface area contributed by atoms with Gasteiger partial charge >= 0.3 is 0 Å². The fourth-order valence-corrected chi connectivity index (χ4v) is 3.11. The molecule has 0 N–H and O–H groups in total. The van der Waals surface area contributed by atoms with E-state index in [1.165, 1.54) is 6.07 Å². The lowest BCUT2D eigenvalue weighted by molar-refractivity contribution is -0.131. The van der Waals surface area contributed by atoms with Gasteiger partial charge in [-0.05, 0) is 48.4 Å². The van der Waals surface area contributed by atoms with Gasteiger partial charge in [-0.2, -0.15) is 0 Å². The minimum atomic E-state index is -0.872. The largest absolute Gasteiger partial charge is 0.497 e. The topological polar surface area (TPSA) is 32.8 Å². The van der Waals surface area contributed by atoms with E-state index in [4.69, 9.17) is 4.74 Å². The van der Waals surface area contributed by atoms with Crippen LogP contribution >= 0.6 is 0 Å². The van der Waals surface area contributed by atoms with Crippen LogP contribution in [0.3, 0.4) is 0 Å². The second-order valence-electron chi connectivity index (χ2n) is 6.31. The number of amides is 1. The third-order valence-electron chi connectivity index (χ3n) is 4.68. The van der Waals surface area contributed by atoms with Crippen molar-refractivity contribution >= 4 is 11.6 Å². The molecule has 0 bridgehead atoms. The average molecular weight is 360 g/mol. The number of rotatable bonds is 5. The summed E-state index contributed by atoms with van der Waals surface area (Å²) >= 11 is 0. The maximum Gasteiger partial charge on any atom is 0.223 e. The Morgan fingerprint density at radius 3 is 2.31 bits per heavy atom. The molecule has 1 aliphatic heterocycles. The molecule has 3 rings (SSSR count). The van der Waals surface area contributed by atoms with Gasteiger partial charge in [0.25, 0.3) is 0 Å². The van der Waals surface area contributed by atoms with Crippen molar-refractivity contribution in [1.82, 2.24) is 4.90 Å². The average Bonchev–Trinajstić information content (AvgIpc) is 2.69. The smallest absolute Gasteiger partial charge is 0.223 e. The molecule has 1 heterocycles. The third kappa shape index (κ3) is 4.31. The van der Waals surface area contributed by atoms with E-state index in [2.05, 4.69) is 4.90 Å². The summed E-state index contributed by atoms with van der Waals surface area (Å²) in [5.74, 6) is -0.873. The van der Waals surface area contributed by atoms with Gasteiger partial charge in [0.05, 0.1) is 7.11 Å². The Morgan fingerprint density at radius 2 is 1.69 bits per heavy atom. The van der Waals surface area contributed by atoms with Crippen LogP contribution in [-0.2, 0) is 11.2 Å². The zero-order valence-corrected chi connectivity index (χ0v) is 14.8. The van der Waals surface area contributed by atoms with Crippen LogP contribution in [0.15, 0.2) is 42.5 Å². The molecule has 1 aliphatic rings. The Kier molecular flexibility index (Phi) is 5.71. The summed E-state index contributed by atoms with van der Waals surface area (Å²) in [6.07, 6.45) is 0.711. The van der Waals surface area contributed by atoms with E-state index >= 15 is 0 Å². The molecule has 0 saturated carbocycles. The van der Waals surface area contributed by atoms with Gasteiger partial charge in [-0.15, -0.1) is 0 Å². The molecule has 1 amide bonds. The minimum absolute atomic E-state index is 0.0455. The number of anilines is 1. The monoisotopic (exact) mass is 360 g/mol. The number of carbonyl (C=O) groups excluding carboxylic acids is 1. The van der Waals surface area contributed by atoms with E-state index in [9.17, 15) is 13.6 Å². The molecular formula is C20H22F2N2O2. The summed E-state index contributed by atoms with van der Waals surface area (Å²) in [7, 11) is 1.64. The van der Waals surface area contributed by atoms with Gasteiger partial charge in [-0.25, -0.2) is 8.78 Å². The van der Waals surface area contributed by atoms with Crippen LogP contribution in [0, 0.1) is 11.6 Å². The SMILES string of the molecule is COc1ccc(N2CCN(C(=O)CCc3ccc(F)c(F)c3)CC2)cc1. The molecule has 4 nitrogen and oxygen atoms in total. The van der Waals surface area contributed by atoms with Gasteiger partial charge in [0, 0.05) is 38.3 Å². The molecule has 138 valence electrons. The van der Waals surface area contributed by atoms with Crippen LogP contribution in [0.25, 0.3) is 0 Å². The van der Waals surface area contributed by atoms with Gasteiger partial charge in [-0.1, -0.05) is 6.07 Å². The predicted octanol–water partition coefficient (Wildman–Crippen LogP) is 3.25. The normalized spacial score (nSPS) is 14.4. The van der Waals surface area contributed by atoms with Crippen molar-refractivity contribution in [3.8, 4) is 5.75 Å². The van der Waals surface area contributed by atoms with Crippen molar-refractivity contribution in [2.75, 3.05) is 38.2 Å². The summed E-state index contributed by atoms with van der Waals surface area (Å²) in [6.45, 7) is 2.85. The Hall–Kier alpha value is -2.63. The number of piperazine rings is 1. The van der Waals surface area contributed by atoms with Crippen molar-refractivity contribution in [2.24, 2.45) is 0 Å². The third-order valence-corrected chi connectivity index (χ3v) is 4.68. The van der Waals surface area contributed by atoms with Gasteiger partial charge in [0.1, 0.15) is 5.75 Å². The van der Waals surface area contributed by atoms with E-state index in [1.54, 1.807) is 7.11 Å². The summed E-state index contributed by atoms with van der Waals surface area (Å²) in [5.41, 5.74) is 1.74. The van der Waals surface area contributed by atoms with Crippen molar-refractivity contribution in [3.05, 3.63) is 59.7 Å². The summed E-state index contributed by atoms with van der Waals surface area (Å²) in [4.78, 5) is 16.4. The summed E-state index contributed by atoms with van der Waals surface area (Å²) in [5, 5.41) is 0. The van der Waals surface area contributed by atoms with E-state index < -0.39 is 11.6 Å². The quantitative estimate of drug-likeness (QED) is 0.821. The number of methoxy groups -OCH3 is 1. The second-order valence-corrected chi connectivity index (χ2v) is 6.31. The van der Waals surface area contributed by atoms with Gasteiger partial charge in [0.2, 0.25) is 5.91 Å². The fraction of sp³-hybridized carbons (Fsp3) is 0.350. The zero-order valence-electron chi connectivity index (χ0n) is 14.8. The lowest BCUT2D eigenvalue weighted by Gasteiger charge is -2.36. The van der Waals surface area contributed by atoms with Crippen molar-refractivity contribution in [3.63, 3.8) is 0 Å². The standard InChI is InChI=1S/C20H22F2N2O2/c1-26-17-6-4-16(5-7-17)23-10-12-24(13-11-23)20(25)9-3-15-2-8-18(21)19(22)14-15/h2,4-8,14H,3,9-13H2,1H3. The first-order valence-electron chi connectivity index (χ1n) is 8.67.